The Kier molecular flexibility index (Phi) is 9.20. The number of rotatable bonds is 12. The third kappa shape index (κ3) is 7.21. The molecule has 0 aliphatic rings. The summed E-state index contributed by atoms with van der Waals surface area (Å²) in [6, 6.07) is 15.8. The predicted molar refractivity (Wildman–Crippen MR) is 119 cm³/mol. The van der Waals surface area contributed by atoms with Gasteiger partial charge in [0, 0.05) is 12.3 Å². The van der Waals surface area contributed by atoms with Crippen LogP contribution in [0.25, 0.3) is 0 Å². The first-order valence-electron chi connectivity index (χ1n) is 10.7. The van der Waals surface area contributed by atoms with Crippen LogP contribution in [0.2, 0.25) is 0 Å². The first-order chi connectivity index (χ1) is 14.0. The molecule has 1 N–H and O–H groups in total. The summed E-state index contributed by atoms with van der Waals surface area (Å²) in [6.07, 6.45) is 4.82. The summed E-state index contributed by atoms with van der Waals surface area (Å²) in [6.45, 7) is 9.22. The maximum absolute atomic E-state index is 13.0. The Hall–Kier alpha value is -2.33. The van der Waals surface area contributed by atoms with Gasteiger partial charge in [-0.05, 0) is 56.0 Å². The maximum Gasteiger partial charge on any atom is 0.256 e. The van der Waals surface area contributed by atoms with Gasteiger partial charge in [-0.25, -0.2) is 0 Å². The molecule has 0 aromatic heterocycles. The number of ether oxygens (including phenoxy) is 2. The molecule has 0 saturated heterocycles. The zero-order chi connectivity index (χ0) is 21.1. The summed E-state index contributed by atoms with van der Waals surface area (Å²) in [4.78, 5) is 13.0. The van der Waals surface area contributed by atoms with Gasteiger partial charge in [-0.2, -0.15) is 0 Å². The Morgan fingerprint density at radius 1 is 1.03 bits per heavy atom. The van der Waals surface area contributed by atoms with Gasteiger partial charge in [-0.15, -0.1) is 0 Å². The van der Waals surface area contributed by atoms with Gasteiger partial charge < -0.3 is 14.8 Å². The van der Waals surface area contributed by atoms with Gasteiger partial charge in [0.05, 0.1) is 0 Å². The number of nitrogens with one attached hydrogen (secondary N) is 1. The number of hydrogen-bond acceptors (Lipinski definition) is 3. The third-order valence-corrected chi connectivity index (χ3v) is 5.03. The minimum absolute atomic E-state index is 0.0839. The van der Waals surface area contributed by atoms with Crippen molar-refractivity contribution in [1.29, 1.82) is 0 Å². The van der Waals surface area contributed by atoms with E-state index in [1.165, 1.54) is 0 Å². The predicted octanol–water partition coefficient (Wildman–Crippen LogP) is 6.28. The molecule has 0 spiro atoms. The van der Waals surface area contributed by atoms with Gasteiger partial charge in [0.15, 0.2) is 0 Å². The number of carbonyl (C=O) groups excluding carboxylic acids is 1. The molecule has 1 amide bonds. The van der Waals surface area contributed by atoms with Gasteiger partial charge in [0.2, 0.25) is 0 Å². The summed E-state index contributed by atoms with van der Waals surface area (Å²) in [5, 5.41) is 3.04. The minimum Gasteiger partial charge on any atom is -0.489 e. The second-order valence-electron chi connectivity index (χ2n) is 7.75. The highest BCUT2D eigenvalue weighted by atomic mass is 16.5. The zero-order valence-electron chi connectivity index (χ0n) is 18.3. The summed E-state index contributed by atoms with van der Waals surface area (Å²) < 4.78 is 11.9. The molecule has 0 aliphatic carbocycles. The number of amides is 1. The van der Waals surface area contributed by atoms with E-state index in [1.54, 1.807) is 0 Å². The molecule has 4 heteroatoms. The monoisotopic (exact) mass is 397 g/mol. The number of hydrogen-bond donors (Lipinski definition) is 1. The largest absolute Gasteiger partial charge is 0.489 e. The summed E-state index contributed by atoms with van der Waals surface area (Å²) in [5.41, 5.74) is 2.07. The first-order valence-corrected chi connectivity index (χ1v) is 10.7. The fourth-order valence-corrected chi connectivity index (χ4v) is 3.18. The van der Waals surface area contributed by atoms with E-state index in [4.69, 9.17) is 9.47 Å². The number of anilines is 1. The molecule has 0 heterocycles. The van der Waals surface area contributed by atoms with E-state index in [0.29, 0.717) is 13.2 Å². The minimum atomic E-state index is -0.804. The van der Waals surface area contributed by atoms with E-state index < -0.39 is 5.60 Å². The molecule has 158 valence electrons. The van der Waals surface area contributed by atoms with Crippen LogP contribution in [0.4, 0.5) is 5.69 Å². The Bertz CT molecular complexity index is 760. The molecule has 4 nitrogen and oxygen atoms in total. The molecule has 1 unspecified atom stereocenters. The number of aryl methyl sites for hydroxylation is 1. The second kappa shape index (κ2) is 11.6. The molecule has 2 rings (SSSR count). The van der Waals surface area contributed by atoms with Crippen LogP contribution in [0.5, 0.6) is 5.75 Å². The van der Waals surface area contributed by atoms with Crippen molar-refractivity contribution in [3.8, 4) is 5.75 Å². The van der Waals surface area contributed by atoms with E-state index in [1.807, 2.05) is 62.4 Å². The molecule has 2 aromatic rings. The highest BCUT2D eigenvalue weighted by Crippen LogP contribution is 2.26. The van der Waals surface area contributed by atoms with Crippen molar-refractivity contribution in [3.63, 3.8) is 0 Å². The molecule has 0 aliphatic heterocycles. The molecule has 1 atom stereocenters. The first kappa shape index (κ1) is 23.0. The van der Waals surface area contributed by atoms with Gasteiger partial charge in [0.1, 0.15) is 18.0 Å². The van der Waals surface area contributed by atoms with Crippen LogP contribution in [0, 0.1) is 6.92 Å². The Balaban J connectivity index is 2.01. The smallest absolute Gasteiger partial charge is 0.256 e. The Morgan fingerprint density at radius 3 is 2.45 bits per heavy atom. The summed E-state index contributed by atoms with van der Waals surface area (Å²) in [5.74, 6) is 0.735. The van der Waals surface area contributed by atoms with Crippen molar-refractivity contribution in [1.82, 2.24) is 0 Å². The zero-order valence-corrected chi connectivity index (χ0v) is 18.3. The van der Waals surface area contributed by atoms with Crippen LogP contribution in [0.1, 0.15) is 64.0 Å². The van der Waals surface area contributed by atoms with Crippen LogP contribution in [0.15, 0.2) is 48.5 Å². The SMILES string of the molecule is CCCCCC(C)(OCCC)C(=O)Nc1ccc(OCc2ccccc2)c(C)c1. The van der Waals surface area contributed by atoms with Crippen molar-refractivity contribution in [2.45, 2.75) is 72.0 Å². The van der Waals surface area contributed by atoms with Crippen molar-refractivity contribution >= 4 is 11.6 Å². The van der Waals surface area contributed by atoms with Crippen molar-refractivity contribution in [2.24, 2.45) is 0 Å². The van der Waals surface area contributed by atoms with Crippen LogP contribution < -0.4 is 10.1 Å². The van der Waals surface area contributed by atoms with E-state index in [-0.39, 0.29) is 5.91 Å². The molecule has 0 saturated carbocycles. The molecule has 2 aromatic carbocycles. The van der Waals surface area contributed by atoms with Crippen LogP contribution in [-0.4, -0.2) is 18.1 Å². The second-order valence-corrected chi connectivity index (χ2v) is 7.75. The van der Waals surface area contributed by atoms with Crippen LogP contribution >= 0.6 is 0 Å². The lowest BCUT2D eigenvalue weighted by atomic mass is 9.96. The maximum atomic E-state index is 13.0. The quantitative estimate of drug-likeness (QED) is 0.429. The van der Waals surface area contributed by atoms with Crippen molar-refractivity contribution < 1.29 is 14.3 Å². The molecule has 0 fully saturated rings. The number of carbonyl (C=O) groups is 1. The lowest BCUT2D eigenvalue weighted by Gasteiger charge is -2.29. The summed E-state index contributed by atoms with van der Waals surface area (Å²) in [7, 11) is 0. The normalized spacial score (nSPS) is 13.0. The molecule has 29 heavy (non-hydrogen) atoms. The summed E-state index contributed by atoms with van der Waals surface area (Å²) >= 11 is 0. The fraction of sp³-hybridized carbons (Fsp3) is 0.480. The van der Waals surface area contributed by atoms with Gasteiger partial charge >= 0.3 is 0 Å². The van der Waals surface area contributed by atoms with Gasteiger partial charge in [-0.1, -0.05) is 63.4 Å². The van der Waals surface area contributed by atoms with E-state index >= 15 is 0 Å². The van der Waals surface area contributed by atoms with E-state index in [0.717, 1.165) is 54.7 Å². The molecular weight excluding hydrogens is 362 g/mol. The molecular formula is C25H35NO3. The lowest BCUT2D eigenvalue weighted by molar-refractivity contribution is -0.140. The van der Waals surface area contributed by atoms with Gasteiger partial charge in [-0.3, -0.25) is 4.79 Å². The third-order valence-electron chi connectivity index (χ3n) is 5.03. The standard InChI is InChI=1S/C25H35NO3/c1-5-7-11-16-25(4,29-17-6-2)24(27)26-22-14-15-23(20(3)18-22)28-19-21-12-9-8-10-13-21/h8-10,12-15,18H,5-7,11,16-17,19H2,1-4H3,(H,26,27). The number of benzene rings is 2. The fourth-order valence-electron chi connectivity index (χ4n) is 3.18. The lowest BCUT2D eigenvalue weighted by Crippen LogP contribution is -2.43. The van der Waals surface area contributed by atoms with Gasteiger partial charge in [0.25, 0.3) is 5.91 Å². The topological polar surface area (TPSA) is 47.6 Å². The highest BCUT2D eigenvalue weighted by Gasteiger charge is 2.33. The Labute approximate surface area is 175 Å². The van der Waals surface area contributed by atoms with Crippen molar-refractivity contribution in [3.05, 3.63) is 59.7 Å². The average molecular weight is 398 g/mol. The number of unbranched alkanes of at least 4 members (excludes halogenated alkanes) is 2. The molecule has 0 bridgehead atoms. The highest BCUT2D eigenvalue weighted by molar-refractivity contribution is 5.97. The van der Waals surface area contributed by atoms with Crippen LogP contribution in [0.3, 0.4) is 0 Å². The van der Waals surface area contributed by atoms with E-state index in [2.05, 4.69) is 19.2 Å². The van der Waals surface area contributed by atoms with Crippen LogP contribution in [-0.2, 0) is 16.1 Å². The average Bonchev–Trinajstić information content (AvgIpc) is 2.72. The molecule has 0 radical (unpaired) electrons. The van der Waals surface area contributed by atoms with Crippen molar-refractivity contribution in [2.75, 3.05) is 11.9 Å². The van der Waals surface area contributed by atoms with E-state index in [9.17, 15) is 4.79 Å². The Morgan fingerprint density at radius 2 is 1.79 bits per heavy atom.